The smallest absolute Gasteiger partial charge is 0.409 e. The van der Waals surface area contributed by atoms with Gasteiger partial charge in [0.2, 0.25) is 0 Å². The van der Waals surface area contributed by atoms with Gasteiger partial charge in [-0.1, -0.05) is 17.7 Å². The molecule has 6 heteroatoms. The summed E-state index contributed by atoms with van der Waals surface area (Å²) in [5.41, 5.74) is 0.518. The quantitative estimate of drug-likeness (QED) is 0.901. The first kappa shape index (κ1) is 13.7. The third-order valence-electron chi connectivity index (χ3n) is 3.04. The summed E-state index contributed by atoms with van der Waals surface area (Å²) >= 11 is 5.84. The van der Waals surface area contributed by atoms with Crippen LogP contribution in [0.5, 0.6) is 0 Å². The minimum absolute atomic E-state index is 0.0504. The summed E-state index contributed by atoms with van der Waals surface area (Å²) in [6.45, 7) is 1.06. The van der Waals surface area contributed by atoms with Crippen LogP contribution < -0.4 is 5.32 Å². The highest BCUT2D eigenvalue weighted by atomic mass is 35.5. The minimum atomic E-state index is -0.362. The van der Waals surface area contributed by atoms with E-state index in [1.165, 1.54) is 7.11 Å². The molecule has 0 saturated carbocycles. The number of carbonyl (C=O) groups excluding carboxylic acids is 2. The van der Waals surface area contributed by atoms with Gasteiger partial charge in [-0.05, 0) is 24.6 Å². The van der Waals surface area contributed by atoms with Gasteiger partial charge in [-0.25, -0.2) is 4.79 Å². The molecular weight excluding hydrogens is 268 g/mol. The van der Waals surface area contributed by atoms with Crippen LogP contribution in [0, 0.1) is 0 Å². The molecule has 1 saturated heterocycles. The van der Waals surface area contributed by atoms with Gasteiger partial charge in [0.15, 0.2) is 0 Å². The predicted octanol–water partition coefficient (Wildman–Crippen LogP) is 1.91. The van der Waals surface area contributed by atoms with E-state index >= 15 is 0 Å². The van der Waals surface area contributed by atoms with E-state index in [0.717, 1.165) is 6.42 Å². The van der Waals surface area contributed by atoms with Crippen LogP contribution >= 0.6 is 11.6 Å². The molecule has 1 unspecified atom stereocenters. The van der Waals surface area contributed by atoms with Gasteiger partial charge < -0.3 is 15.0 Å². The monoisotopic (exact) mass is 282 g/mol. The maximum absolute atomic E-state index is 12.0. The lowest BCUT2D eigenvalue weighted by molar-refractivity contribution is 0.0934. The van der Waals surface area contributed by atoms with Crippen molar-refractivity contribution in [1.29, 1.82) is 0 Å². The minimum Gasteiger partial charge on any atom is -0.453 e. The average Bonchev–Trinajstić information content (AvgIpc) is 2.86. The third kappa shape index (κ3) is 3.38. The SMILES string of the molecule is COC(=O)N1CCC(NC(=O)c2cccc(Cl)c2)C1. The van der Waals surface area contributed by atoms with E-state index in [1.54, 1.807) is 29.2 Å². The van der Waals surface area contributed by atoms with Crippen LogP contribution in [0.15, 0.2) is 24.3 Å². The summed E-state index contributed by atoms with van der Waals surface area (Å²) in [5.74, 6) is -0.181. The Labute approximate surface area is 116 Å². The molecule has 19 heavy (non-hydrogen) atoms. The molecule has 0 bridgehead atoms. The molecule has 1 N–H and O–H groups in total. The number of nitrogens with zero attached hydrogens (tertiary/aromatic N) is 1. The van der Waals surface area contributed by atoms with Crippen molar-refractivity contribution in [2.45, 2.75) is 12.5 Å². The average molecular weight is 283 g/mol. The van der Waals surface area contributed by atoms with Crippen LogP contribution in [0.25, 0.3) is 0 Å². The Morgan fingerprint density at radius 2 is 2.26 bits per heavy atom. The van der Waals surface area contributed by atoms with Crippen molar-refractivity contribution in [2.75, 3.05) is 20.2 Å². The lowest BCUT2D eigenvalue weighted by atomic mass is 10.2. The summed E-state index contributed by atoms with van der Waals surface area (Å²) in [4.78, 5) is 24.9. The fourth-order valence-electron chi connectivity index (χ4n) is 2.07. The number of methoxy groups -OCH3 is 1. The molecule has 1 atom stereocenters. The van der Waals surface area contributed by atoms with E-state index in [4.69, 9.17) is 11.6 Å². The zero-order chi connectivity index (χ0) is 13.8. The number of ether oxygens (including phenoxy) is 1. The van der Waals surface area contributed by atoms with Crippen molar-refractivity contribution in [2.24, 2.45) is 0 Å². The first-order valence-electron chi connectivity index (χ1n) is 5.99. The van der Waals surface area contributed by atoms with Crippen molar-refractivity contribution in [3.63, 3.8) is 0 Å². The molecule has 1 heterocycles. The Balaban J connectivity index is 1.92. The van der Waals surface area contributed by atoms with Crippen molar-refractivity contribution >= 4 is 23.6 Å². The third-order valence-corrected chi connectivity index (χ3v) is 3.28. The molecule has 1 aromatic rings. The second-order valence-corrected chi connectivity index (χ2v) is 4.82. The van der Waals surface area contributed by atoms with Gasteiger partial charge in [0.25, 0.3) is 5.91 Å². The van der Waals surface area contributed by atoms with Crippen molar-refractivity contribution < 1.29 is 14.3 Å². The van der Waals surface area contributed by atoms with Gasteiger partial charge in [-0.3, -0.25) is 4.79 Å². The number of rotatable bonds is 2. The molecule has 102 valence electrons. The van der Waals surface area contributed by atoms with Crippen LogP contribution in [0.3, 0.4) is 0 Å². The summed E-state index contributed by atoms with van der Waals surface area (Å²) in [7, 11) is 1.35. The zero-order valence-corrected chi connectivity index (χ0v) is 11.3. The Morgan fingerprint density at radius 1 is 1.47 bits per heavy atom. The van der Waals surface area contributed by atoms with Crippen LogP contribution in [0.2, 0.25) is 5.02 Å². The maximum Gasteiger partial charge on any atom is 0.409 e. The van der Waals surface area contributed by atoms with Gasteiger partial charge in [0, 0.05) is 29.7 Å². The lowest BCUT2D eigenvalue weighted by Crippen LogP contribution is -2.38. The van der Waals surface area contributed by atoms with E-state index in [9.17, 15) is 9.59 Å². The Kier molecular flexibility index (Phi) is 4.27. The van der Waals surface area contributed by atoms with Crippen LogP contribution in [-0.2, 0) is 4.74 Å². The number of likely N-dealkylation sites (tertiary alicyclic amines) is 1. The predicted molar refractivity (Wildman–Crippen MR) is 71.3 cm³/mol. The lowest BCUT2D eigenvalue weighted by Gasteiger charge is -2.15. The Hall–Kier alpha value is -1.75. The molecule has 1 aliphatic heterocycles. The highest BCUT2D eigenvalue weighted by Gasteiger charge is 2.27. The molecule has 0 aromatic heterocycles. The second-order valence-electron chi connectivity index (χ2n) is 4.39. The molecule has 1 fully saturated rings. The zero-order valence-electron chi connectivity index (χ0n) is 10.6. The first-order valence-corrected chi connectivity index (χ1v) is 6.37. The van der Waals surface area contributed by atoms with Gasteiger partial charge in [0.1, 0.15) is 0 Å². The number of benzene rings is 1. The van der Waals surface area contributed by atoms with Crippen LogP contribution in [0.1, 0.15) is 16.8 Å². The van der Waals surface area contributed by atoms with E-state index < -0.39 is 0 Å². The molecular formula is C13H15ClN2O3. The standard InChI is InChI=1S/C13H15ClN2O3/c1-19-13(18)16-6-5-11(8-16)15-12(17)9-3-2-4-10(14)7-9/h2-4,7,11H,5-6,8H2,1H3,(H,15,17). The summed E-state index contributed by atoms with van der Waals surface area (Å²) < 4.78 is 4.64. The Bertz CT molecular complexity index is 493. The Morgan fingerprint density at radius 3 is 2.95 bits per heavy atom. The highest BCUT2D eigenvalue weighted by molar-refractivity contribution is 6.30. The largest absolute Gasteiger partial charge is 0.453 e. The number of carbonyl (C=O) groups is 2. The molecule has 0 aliphatic carbocycles. The number of halogens is 1. The van der Waals surface area contributed by atoms with E-state index in [0.29, 0.717) is 23.7 Å². The van der Waals surface area contributed by atoms with Gasteiger partial charge in [-0.15, -0.1) is 0 Å². The molecule has 2 amide bonds. The fraction of sp³-hybridized carbons (Fsp3) is 0.385. The summed E-state index contributed by atoms with van der Waals surface area (Å²) in [5, 5.41) is 3.41. The van der Waals surface area contributed by atoms with Crippen LogP contribution in [0.4, 0.5) is 4.79 Å². The fourth-order valence-corrected chi connectivity index (χ4v) is 2.26. The number of nitrogens with one attached hydrogen (secondary N) is 1. The summed E-state index contributed by atoms with van der Waals surface area (Å²) in [6.07, 6.45) is 0.362. The molecule has 1 aromatic carbocycles. The maximum atomic E-state index is 12.0. The molecule has 0 radical (unpaired) electrons. The first-order chi connectivity index (χ1) is 9.10. The molecule has 1 aliphatic rings. The molecule has 5 nitrogen and oxygen atoms in total. The van der Waals surface area contributed by atoms with Crippen molar-refractivity contribution in [1.82, 2.24) is 10.2 Å². The number of hydrogen-bond acceptors (Lipinski definition) is 3. The van der Waals surface area contributed by atoms with E-state index in [1.807, 2.05) is 0 Å². The van der Waals surface area contributed by atoms with Gasteiger partial charge in [0.05, 0.1) is 7.11 Å². The van der Waals surface area contributed by atoms with E-state index in [-0.39, 0.29) is 18.0 Å². The van der Waals surface area contributed by atoms with Crippen LogP contribution in [-0.4, -0.2) is 43.1 Å². The van der Waals surface area contributed by atoms with Crippen molar-refractivity contribution in [3.05, 3.63) is 34.9 Å². The molecule has 2 rings (SSSR count). The summed E-state index contributed by atoms with van der Waals surface area (Å²) in [6, 6.07) is 6.71. The van der Waals surface area contributed by atoms with Crippen molar-refractivity contribution in [3.8, 4) is 0 Å². The second kappa shape index (κ2) is 5.93. The number of amides is 2. The van der Waals surface area contributed by atoms with E-state index in [2.05, 4.69) is 10.1 Å². The number of hydrogen-bond donors (Lipinski definition) is 1. The highest BCUT2D eigenvalue weighted by Crippen LogP contribution is 2.13. The van der Waals surface area contributed by atoms with Gasteiger partial charge >= 0.3 is 6.09 Å². The van der Waals surface area contributed by atoms with Gasteiger partial charge in [-0.2, -0.15) is 0 Å². The normalized spacial score (nSPS) is 18.2. The molecule has 0 spiro atoms. The topological polar surface area (TPSA) is 58.6 Å².